The Morgan fingerprint density at radius 1 is 0.960 bits per heavy atom. The minimum absolute atomic E-state index is 0.155. The Hall–Kier alpha value is -2.18. The van der Waals surface area contributed by atoms with E-state index >= 15 is 0 Å². The Morgan fingerprint density at radius 2 is 1.52 bits per heavy atom. The van der Waals surface area contributed by atoms with Gasteiger partial charge in [0, 0.05) is 5.56 Å². The molecule has 0 unspecified atom stereocenters. The van der Waals surface area contributed by atoms with Crippen molar-refractivity contribution >= 4 is 24.2 Å². The van der Waals surface area contributed by atoms with Gasteiger partial charge >= 0.3 is 7.12 Å². The number of carbonyl (C=O) groups is 1. The van der Waals surface area contributed by atoms with Crippen LogP contribution in [0.2, 0.25) is 0 Å². The number of nitrogens with one attached hydrogen (secondary N) is 1. The van der Waals surface area contributed by atoms with Crippen LogP contribution in [0.1, 0.15) is 38.1 Å². The van der Waals surface area contributed by atoms with Crippen LogP contribution in [0.3, 0.4) is 0 Å². The van der Waals surface area contributed by atoms with Crippen molar-refractivity contribution in [1.29, 1.82) is 0 Å². The van der Waals surface area contributed by atoms with Crippen LogP contribution < -0.4 is 10.8 Å². The van der Waals surface area contributed by atoms with Crippen LogP contribution in [-0.4, -0.2) is 24.2 Å². The summed E-state index contributed by atoms with van der Waals surface area (Å²) in [6.07, 6.45) is 0. The summed E-state index contributed by atoms with van der Waals surface area (Å²) in [7, 11) is -0.478. The van der Waals surface area contributed by atoms with Gasteiger partial charge in [-0.05, 0) is 57.4 Å². The van der Waals surface area contributed by atoms with E-state index in [0.717, 1.165) is 5.46 Å². The lowest BCUT2D eigenvalue weighted by Crippen LogP contribution is -2.41. The highest BCUT2D eigenvalue weighted by Crippen LogP contribution is 2.36. The van der Waals surface area contributed by atoms with E-state index in [1.165, 1.54) is 12.1 Å². The van der Waals surface area contributed by atoms with Gasteiger partial charge in [0.05, 0.1) is 16.9 Å². The van der Waals surface area contributed by atoms with Gasteiger partial charge in [0.15, 0.2) is 0 Å². The zero-order valence-corrected chi connectivity index (χ0v) is 14.8. The Balaban J connectivity index is 1.73. The first-order valence-electron chi connectivity index (χ1n) is 8.21. The van der Waals surface area contributed by atoms with E-state index in [-0.39, 0.29) is 11.6 Å². The van der Waals surface area contributed by atoms with Crippen molar-refractivity contribution in [2.24, 2.45) is 0 Å². The Bertz CT molecular complexity index is 774. The van der Waals surface area contributed by atoms with Gasteiger partial charge < -0.3 is 14.6 Å². The third-order valence-corrected chi connectivity index (χ3v) is 4.82. The predicted molar refractivity (Wildman–Crippen MR) is 96.5 cm³/mol. The van der Waals surface area contributed by atoms with E-state index in [0.29, 0.717) is 5.56 Å². The van der Waals surface area contributed by atoms with Crippen LogP contribution in [-0.2, 0) is 9.31 Å². The lowest BCUT2D eigenvalue weighted by Gasteiger charge is -2.32. The van der Waals surface area contributed by atoms with Crippen molar-refractivity contribution < 1.29 is 18.5 Å². The first-order valence-corrected chi connectivity index (χ1v) is 8.21. The summed E-state index contributed by atoms with van der Waals surface area (Å²) in [5.41, 5.74) is 0.587. The summed E-state index contributed by atoms with van der Waals surface area (Å²) < 4.78 is 25.6. The highest BCUT2D eigenvalue weighted by molar-refractivity contribution is 6.62. The van der Waals surface area contributed by atoms with Crippen LogP contribution in [0, 0.1) is 5.82 Å². The molecule has 130 valence electrons. The molecule has 1 N–H and O–H groups in total. The molecule has 3 rings (SSSR count). The largest absolute Gasteiger partial charge is 0.494 e. The molecule has 1 saturated heterocycles. The fraction of sp³-hybridized carbons (Fsp3) is 0.316. The van der Waals surface area contributed by atoms with Crippen LogP contribution in [0.25, 0.3) is 0 Å². The fourth-order valence-corrected chi connectivity index (χ4v) is 2.53. The van der Waals surface area contributed by atoms with Crippen LogP contribution in [0.5, 0.6) is 0 Å². The molecule has 4 nitrogen and oxygen atoms in total. The van der Waals surface area contributed by atoms with Crippen molar-refractivity contribution in [3.63, 3.8) is 0 Å². The normalized spacial score (nSPS) is 18.2. The molecule has 1 heterocycles. The molecule has 0 bridgehead atoms. The summed E-state index contributed by atoms with van der Waals surface area (Å²) in [5, 5.41) is 2.57. The molecule has 1 amide bonds. The monoisotopic (exact) mass is 341 g/mol. The van der Waals surface area contributed by atoms with E-state index in [9.17, 15) is 9.18 Å². The van der Waals surface area contributed by atoms with Crippen molar-refractivity contribution in [2.45, 2.75) is 38.9 Å². The summed E-state index contributed by atoms with van der Waals surface area (Å²) in [5.74, 6) is -0.838. The van der Waals surface area contributed by atoms with E-state index in [4.69, 9.17) is 9.31 Å². The number of anilines is 1. The number of hydrogen-bond donors (Lipinski definition) is 1. The van der Waals surface area contributed by atoms with Crippen LogP contribution in [0.15, 0.2) is 48.5 Å². The third-order valence-electron chi connectivity index (χ3n) is 4.82. The molecule has 0 radical (unpaired) electrons. The van der Waals surface area contributed by atoms with Gasteiger partial charge in [-0.25, -0.2) is 4.39 Å². The first kappa shape index (κ1) is 17.6. The number of rotatable bonds is 3. The molecule has 0 spiro atoms. The second-order valence-electron chi connectivity index (χ2n) is 7.14. The molecule has 0 atom stereocenters. The molecular weight excluding hydrogens is 320 g/mol. The molecule has 0 aromatic heterocycles. The lowest BCUT2D eigenvalue weighted by atomic mass is 9.79. The summed E-state index contributed by atoms with van der Waals surface area (Å²) in [6.45, 7) is 7.96. The third kappa shape index (κ3) is 3.46. The number of benzene rings is 2. The van der Waals surface area contributed by atoms with Crippen molar-refractivity contribution in [2.75, 3.05) is 5.32 Å². The number of hydrogen-bond acceptors (Lipinski definition) is 3. The second kappa shape index (κ2) is 6.28. The van der Waals surface area contributed by atoms with Gasteiger partial charge in [0.1, 0.15) is 5.82 Å². The summed E-state index contributed by atoms with van der Waals surface area (Å²) in [6, 6.07) is 13.0. The molecule has 2 aromatic rings. The lowest BCUT2D eigenvalue weighted by molar-refractivity contribution is 0.00578. The van der Waals surface area contributed by atoms with Gasteiger partial charge in [-0.3, -0.25) is 4.79 Å². The quantitative estimate of drug-likeness (QED) is 0.871. The average Bonchev–Trinajstić information content (AvgIpc) is 2.78. The average molecular weight is 341 g/mol. The highest BCUT2D eigenvalue weighted by Gasteiger charge is 2.51. The zero-order valence-electron chi connectivity index (χ0n) is 14.8. The SMILES string of the molecule is CC1(C)OB(c2ccc(C(=O)Nc3ccccc3F)cc2)OC1(C)C. The van der Waals surface area contributed by atoms with E-state index in [1.54, 1.807) is 36.4 Å². The molecule has 0 saturated carbocycles. The van der Waals surface area contributed by atoms with Gasteiger partial charge in [-0.1, -0.05) is 24.3 Å². The standard InChI is InChI=1S/C19H21BFNO3/c1-18(2)19(3,4)25-20(24-18)14-11-9-13(10-12-14)17(23)22-16-8-6-5-7-15(16)21/h5-12H,1-4H3,(H,22,23). The Kier molecular flexibility index (Phi) is 4.43. The minimum Gasteiger partial charge on any atom is -0.399 e. The minimum atomic E-state index is -0.478. The van der Waals surface area contributed by atoms with Crippen molar-refractivity contribution in [1.82, 2.24) is 0 Å². The Labute approximate surface area is 147 Å². The topological polar surface area (TPSA) is 47.6 Å². The van der Waals surface area contributed by atoms with Gasteiger partial charge in [-0.15, -0.1) is 0 Å². The highest BCUT2D eigenvalue weighted by atomic mass is 19.1. The maximum absolute atomic E-state index is 13.6. The summed E-state index contributed by atoms with van der Waals surface area (Å²) in [4.78, 5) is 12.3. The predicted octanol–water partition coefficient (Wildman–Crippen LogP) is 3.38. The first-order chi connectivity index (χ1) is 11.7. The molecule has 2 aromatic carbocycles. The molecule has 0 aliphatic carbocycles. The van der Waals surface area contributed by atoms with E-state index in [1.807, 2.05) is 27.7 Å². The number of halogens is 1. The van der Waals surface area contributed by atoms with Gasteiger partial charge in [0.2, 0.25) is 0 Å². The zero-order chi connectivity index (χ0) is 18.2. The maximum atomic E-state index is 13.6. The molecule has 25 heavy (non-hydrogen) atoms. The molecule has 1 aliphatic heterocycles. The van der Waals surface area contributed by atoms with Crippen molar-refractivity contribution in [3.8, 4) is 0 Å². The van der Waals surface area contributed by atoms with Crippen LogP contribution >= 0.6 is 0 Å². The number of para-hydroxylation sites is 1. The maximum Gasteiger partial charge on any atom is 0.494 e. The fourth-order valence-electron chi connectivity index (χ4n) is 2.53. The molecule has 6 heteroatoms. The number of amides is 1. The van der Waals surface area contributed by atoms with Gasteiger partial charge in [-0.2, -0.15) is 0 Å². The summed E-state index contributed by atoms with van der Waals surface area (Å²) >= 11 is 0. The van der Waals surface area contributed by atoms with Crippen molar-refractivity contribution in [3.05, 3.63) is 59.9 Å². The molecule has 1 aliphatic rings. The van der Waals surface area contributed by atoms with E-state index < -0.39 is 24.1 Å². The van der Waals surface area contributed by atoms with Crippen LogP contribution in [0.4, 0.5) is 10.1 Å². The number of carbonyl (C=O) groups excluding carboxylic acids is 1. The van der Waals surface area contributed by atoms with Gasteiger partial charge in [0.25, 0.3) is 5.91 Å². The smallest absolute Gasteiger partial charge is 0.399 e. The second-order valence-corrected chi connectivity index (χ2v) is 7.14. The van der Waals surface area contributed by atoms with E-state index in [2.05, 4.69) is 5.32 Å². The Morgan fingerprint density at radius 3 is 2.08 bits per heavy atom. The molecule has 1 fully saturated rings. The molecular formula is C19H21BFNO3.